The molecule has 2 heterocycles. The van der Waals surface area contributed by atoms with Crippen LogP contribution in [-0.4, -0.2) is 40.6 Å². The van der Waals surface area contributed by atoms with E-state index in [1.807, 2.05) is 11.5 Å². The van der Waals surface area contributed by atoms with Crippen LogP contribution in [0.15, 0.2) is 28.7 Å². The van der Waals surface area contributed by atoms with E-state index in [9.17, 15) is 4.79 Å². The molecule has 0 aliphatic carbocycles. The molecule has 0 fully saturated rings. The predicted molar refractivity (Wildman–Crippen MR) is 117 cm³/mol. The van der Waals surface area contributed by atoms with Crippen molar-refractivity contribution in [2.45, 2.75) is 32.5 Å². The number of amides is 1. The van der Waals surface area contributed by atoms with Gasteiger partial charge in [-0.15, -0.1) is 21.5 Å². The molecule has 0 bridgehead atoms. The number of aryl methyl sites for hydroxylation is 1. The molecule has 9 heteroatoms. The lowest BCUT2D eigenvalue weighted by molar-refractivity contribution is -0.113. The maximum Gasteiger partial charge on any atom is 0.234 e. The Bertz CT molecular complexity index is 1010. The number of hydrogen-bond donors (Lipinski definition) is 1. The van der Waals surface area contributed by atoms with Gasteiger partial charge in [-0.2, -0.15) is 0 Å². The first-order chi connectivity index (χ1) is 14.0. The summed E-state index contributed by atoms with van der Waals surface area (Å²) in [4.78, 5) is 13.7. The van der Waals surface area contributed by atoms with Gasteiger partial charge in [0.1, 0.15) is 11.5 Å². The van der Waals surface area contributed by atoms with Gasteiger partial charge < -0.3 is 19.4 Å². The molecule has 154 valence electrons. The first kappa shape index (κ1) is 21.2. The number of benzene rings is 1. The highest BCUT2D eigenvalue weighted by Crippen LogP contribution is 2.32. The smallest absolute Gasteiger partial charge is 0.234 e. The zero-order valence-electron chi connectivity index (χ0n) is 17.1. The molecule has 0 aliphatic heterocycles. The second-order valence-corrected chi connectivity index (χ2v) is 8.31. The van der Waals surface area contributed by atoms with E-state index in [4.69, 9.17) is 9.47 Å². The monoisotopic (exact) mass is 432 g/mol. The highest BCUT2D eigenvalue weighted by molar-refractivity contribution is 7.99. The second-order valence-electron chi connectivity index (χ2n) is 6.28. The molecular weight excluding hydrogens is 408 g/mol. The molecule has 0 aliphatic rings. The second kappa shape index (κ2) is 9.32. The van der Waals surface area contributed by atoms with Crippen molar-refractivity contribution in [1.29, 1.82) is 0 Å². The molecule has 0 radical (unpaired) electrons. The van der Waals surface area contributed by atoms with Crippen molar-refractivity contribution in [2.75, 3.05) is 25.3 Å². The van der Waals surface area contributed by atoms with Crippen LogP contribution in [0.25, 0.3) is 11.4 Å². The lowest BCUT2D eigenvalue weighted by Crippen LogP contribution is -2.15. The molecule has 3 aromatic rings. The van der Waals surface area contributed by atoms with Crippen LogP contribution in [0.1, 0.15) is 17.4 Å². The summed E-state index contributed by atoms with van der Waals surface area (Å²) in [5, 5.41) is 14.4. The molecule has 29 heavy (non-hydrogen) atoms. The summed E-state index contributed by atoms with van der Waals surface area (Å²) in [6.45, 7) is 6.97. The summed E-state index contributed by atoms with van der Waals surface area (Å²) in [6.07, 6.45) is 0. The molecule has 0 saturated carbocycles. The van der Waals surface area contributed by atoms with Crippen LogP contribution in [-0.2, 0) is 11.3 Å². The fourth-order valence-electron chi connectivity index (χ4n) is 2.83. The molecule has 0 spiro atoms. The van der Waals surface area contributed by atoms with Crippen molar-refractivity contribution in [2.24, 2.45) is 0 Å². The van der Waals surface area contributed by atoms with Crippen LogP contribution >= 0.6 is 23.1 Å². The number of nitrogens with zero attached hydrogens (tertiary/aromatic N) is 3. The number of ether oxygens (including phenoxy) is 2. The van der Waals surface area contributed by atoms with Crippen molar-refractivity contribution < 1.29 is 14.3 Å². The highest BCUT2D eigenvalue weighted by Gasteiger charge is 2.18. The summed E-state index contributed by atoms with van der Waals surface area (Å²) >= 11 is 3.07. The molecule has 1 N–H and O–H groups in total. The molecular formula is C20H24N4O3S2. The van der Waals surface area contributed by atoms with Gasteiger partial charge in [-0.05, 0) is 38.5 Å². The van der Waals surface area contributed by atoms with E-state index in [1.165, 1.54) is 22.2 Å². The highest BCUT2D eigenvalue weighted by atomic mass is 32.2. The first-order valence-corrected chi connectivity index (χ1v) is 11.0. The van der Waals surface area contributed by atoms with E-state index in [2.05, 4.69) is 34.7 Å². The molecule has 7 nitrogen and oxygen atoms in total. The van der Waals surface area contributed by atoms with Crippen molar-refractivity contribution in [3.05, 3.63) is 34.0 Å². The van der Waals surface area contributed by atoms with Gasteiger partial charge in [0.15, 0.2) is 11.0 Å². The fourth-order valence-corrected chi connectivity index (χ4v) is 4.50. The van der Waals surface area contributed by atoms with Gasteiger partial charge in [-0.25, -0.2) is 0 Å². The minimum Gasteiger partial charge on any atom is -0.497 e. The SMILES string of the molecule is CCn1c(SCC(=O)Nc2ccc(OC)cc2OC)nnc1-c1csc(C)c1C. The number of anilines is 1. The molecule has 3 rings (SSSR count). The Morgan fingerprint density at radius 2 is 2.03 bits per heavy atom. The quantitative estimate of drug-likeness (QED) is 0.532. The summed E-state index contributed by atoms with van der Waals surface area (Å²) in [6, 6.07) is 5.26. The Morgan fingerprint density at radius 1 is 1.24 bits per heavy atom. The Kier molecular flexibility index (Phi) is 6.81. The van der Waals surface area contributed by atoms with Gasteiger partial charge in [0.05, 0.1) is 25.7 Å². The average Bonchev–Trinajstić information content (AvgIpc) is 3.29. The standard InChI is InChI=1S/C20H24N4O3S2/c1-6-24-19(15-10-28-13(3)12(15)2)22-23-20(24)29-11-18(25)21-16-8-7-14(26-4)9-17(16)27-5/h7-10H,6,11H2,1-5H3,(H,21,25). The van der Waals surface area contributed by atoms with Gasteiger partial charge in [-0.1, -0.05) is 11.8 Å². The third-order valence-electron chi connectivity index (χ3n) is 4.57. The van der Waals surface area contributed by atoms with Crippen LogP contribution in [0.4, 0.5) is 5.69 Å². The Morgan fingerprint density at radius 3 is 2.66 bits per heavy atom. The van der Waals surface area contributed by atoms with E-state index < -0.39 is 0 Å². The maximum absolute atomic E-state index is 12.5. The Balaban J connectivity index is 1.70. The number of carbonyl (C=O) groups excluding carboxylic acids is 1. The van der Waals surface area contributed by atoms with Crippen LogP contribution in [0, 0.1) is 13.8 Å². The number of hydrogen-bond acceptors (Lipinski definition) is 7. The number of rotatable bonds is 8. The number of thioether (sulfide) groups is 1. The lowest BCUT2D eigenvalue weighted by Gasteiger charge is -2.11. The topological polar surface area (TPSA) is 78.3 Å². The van der Waals surface area contributed by atoms with Gasteiger partial charge in [0.2, 0.25) is 5.91 Å². The molecule has 2 aromatic heterocycles. The van der Waals surface area contributed by atoms with Crippen molar-refractivity contribution >= 4 is 34.7 Å². The number of nitrogens with one attached hydrogen (secondary N) is 1. The van der Waals surface area contributed by atoms with E-state index in [1.54, 1.807) is 43.8 Å². The Hall–Kier alpha value is -2.52. The molecule has 0 atom stereocenters. The zero-order chi connectivity index (χ0) is 21.0. The van der Waals surface area contributed by atoms with Crippen molar-refractivity contribution in [3.8, 4) is 22.9 Å². The van der Waals surface area contributed by atoms with E-state index >= 15 is 0 Å². The third kappa shape index (κ3) is 4.56. The summed E-state index contributed by atoms with van der Waals surface area (Å²) < 4.78 is 12.6. The van der Waals surface area contributed by atoms with E-state index in [0.717, 1.165) is 23.1 Å². The summed E-state index contributed by atoms with van der Waals surface area (Å²) in [7, 11) is 3.14. The van der Waals surface area contributed by atoms with Crippen LogP contribution in [0.2, 0.25) is 0 Å². The van der Waals surface area contributed by atoms with Gasteiger partial charge in [0.25, 0.3) is 0 Å². The third-order valence-corrected chi connectivity index (χ3v) is 6.55. The van der Waals surface area contributed by atoms with E-state index in [-0.39, 0.29) is 11.7 Å². The van der Waals surface area contributed by atoms with Crippen LogP contribution in [0.5, 0.6) is 11.5 Å². The zero-order valence-corrected chi connectivity index (χ0v) is 18.7. The fraction of sp³-hybridized carbons (Fsp3) is 0.350. The van der Waals surface area contributed by atoms with Gasteiger partial charge in [-0.3, -0.25) is 4.79 Å². The average molecular weight is 433 g/mol. The van der Waals surface area contributed by atoms with Gasteiger partial charge in [0, 0.05) is 28.4 Å². The first-order valence-electron chi connectivity index (χ1n) is 9.11. The normalized spacial score (nSPS) is 10.8. The number of thiophene rings is 1. The number of aromatic nitrogens is 3. The van der Waals surface area contributed by atoms with E-state index in [0.29, 0.717) is 17.2 Å². The van der Waals surface area contributed by atoms with Crippen LogP contribution in [0.3, 0.4) is 0 Å². The number of carbonyl (C=O) groups is 1. The summed E-state index contributed by atoms with van der Waals surface area (Å²) in [5.41, 5.74) is 2.92. The molecule has 0 saturated heterocycles. The van der Waals surface area contributed by atoms with Crippen molar-refractivity contribution in [1.82, 2.24) is 14.8 Å². The summed E-state index contributed by atoms with van der Waals surface area (Å²) in [5.74, 6) is 2.12. The lowest BCUT2D eigenvalue weighted by atomic mass is 10.1. The molecule has 0 unspecified atom stereocenters. The predicted octanol–water partition coefficient (Wildman–Crippen LogP) is 4.39. The number of methoxy groups -OCH3 is 2. The minimum absolute atomic E-state index is 0.145. The Labute approximate surface area is 178 Å². The van der Waals surface area contributed by atoms with Gasteiger partial charge >= 0.3 is 0 Å². The van der Waals surface area contributed by atoms with Crippen molar-refractivity contribution in [3.63, 3.8) is 0 Å². The largest absolute Gasteiger partial charge is 0.497 e. The maximum atomic E-state index is 12.5. The minimum atomic E-state index is -0.145. The molecule has 1 amide bonds. The molecule has 1 aromatic carbocycles. The van der Waals surface area contributed by atoms with Crippen LogP contribution < -0.4 is 14.8 Å².